The van der Waals surface area contributed by atoms with Crippen LogP contribution in [0.3, 0.4) is 0 Å². The Morgan fingerprint density at radius 1 is 1.13 bits per heavy atom. The van der Waals surface area contributed by atoms with Crippen molar-refractivity contribution < 1.29 is 13.1 Å². The zero-order chi connectivity index (χ0) is 26.9. The van der Waals surface area contributed by atoms with Crippen molar-refractivity contribution >= 4 is 29.5 Å². The number of nitrogens with two attached hydrogens (primary N) is 1. The SMILES string of the molecule is CCCN(CCC)c1ccc(N=Nc2nn(-c3ccc(C4OSOC4C)cc3)cc2C#N)c(COCN)c1. The molecule has 0 bridgehead atoms. The molecule has 200 valence electrons. The third-order valence-electron chi connectivity index (χ3n) is 6.10. The van der Waals surface area contributed by atoms with Gasteiger partial charge in [-0.05, 0) is 55.7 Å². The van der Waals surface area contributed by atoms with Gasteiger partial charge in [0.25, 0.3) is 0 Å². The van der Waals surface area contributed by atoms with Crippen LogP contribution >= 0.6 is 12.3 Å². The number of hydrogen-bond donors (Lipinski definition) is 1. The van der Waals surface area contributed by atoms with Gasteiger partial charge in [-0.3, -0.25) is 8.37 Å². The Morgan fingerprint density at radius 2 is 1.89 bits per heavy atom. The second kappa shape index (κ2) is 13.5. The Balaban J connectivity index is 1.58. The lowest BCUT2D eigenvalue weighted by Gasteiger charge is -2.24. The highest BCUT2D eigenvalue weighted by atomic mass is 32.2. The van der Waals surface area contributed by atoms with E-state index in [0.29, 0.717) is 17.9 Å². The zero-order valence-corrected chi connectivity index (χ0v) is 22.7. The first-order valence-corrected chi connectivity index (χ1v) is 13.4. The van der Waals surface area contributed by atoms with Crippen molar-refractivity contribution in [1.82, 2.24) is 9.78 Å². The molecule has 38 heavy (non-hydrogen) atoms. The van der Waals surface area contributed by atoms with Crippen LogP contribution in [-0.4, -0.2) is 35.7 Å². The monoisotopic (exact) mass is 535 g/mol. The Labute approximate surface area is 227 Å². The van der Waals surface area contributed by atoms with Crippen molar-refractivity contribution in [1.29, 1.82) is 5.26 Å². The molecule has 1 saturated heterocycles. The zero-order valence-electron chi connectivity index (χ0n) is 21.9. The van der Waals surface area contributed by atoms with E-state index in [2.05, 4.69) is 46.2 Å². The van der Waals surface area contributed by atoms with Crippen LogP contribution in [0.25, 0.3) is 5.69 Å². The van der Waals surface area contributed by atoms with Crippen LogP contribution in [0, 0.1) is 11.3 Å². The quantitative estimate of drug-likeness (QED) is 0.164. The molecule has 0 saturated carbocycles. The Bertz CT molecular complexity index is 1270. The van der Waals surface area contributed by atoms with E-state index in [1.54, 1.807) is 10.9 Å². The summed E-state index contributed by atoms with van der Waals surface area (Å²) in [5.74, 6) is 0.238. The molecular formula is C27H33N7O3S. The van der Waals surface area contributed by atoms with E-state index in [4.69, 9.17) is 18.8 Å². The van der Waals surface area contributed by atoms with Crippen molar-refractivity contribution in [3.63, 3.8) is 0 Å². The summed E-state index contributed by atoms with van der Waals surface area (Å²) in [6.45, 7) is 8.66. The molecule has 3 aromatic rings. The summed E-state index contributed by atoms with van der Waals surface area (Å²) >= 11 is 1.02. The molecule has 0 amide bonds. The normalized spacial score (nSPS) is 17.2. The number of hydrogen-bond acceptors (Lipinski definition) is 10. The maximum atomic E-state index is 9.68. The largest absolute Gasteiger partial charge is 0.372 e. The predicted molar refractivity (Wildman–Crippen MR) is 147 cm³/mol. The van der Waals surface area contributed by atoms with Crippen LogP contribution in [0.4, 0.5) is 17.2 Å². The molecule has 2 unspecified atom stereocenters. The van der Waals surface area contributed by atoms with E-state index >= 15 is 0 Å². The van der Waals surface area contributed by atoms with E-state index in [1.807, 2.05) is 43.3 Å². The van der Waals surface area contributed by atoms with Crippen LogP contribution in [0.2, 0.25) is 0 Å². The second-order valence-corrected chi connectivity index (χ2v) is 9.44. The molecule has 0 radical (unpaired) electrons. The molecule has 2 N–H and O–H groups in total. The minimum Gasteiger partial charge on any atom is -0.372 e. The third kappa shape index (κ3) is 6.59. The molecule has 1 fully saturated rings. The summed E-state index contributed by atoms with van der Waals surface area (Å²) in [6, 6.07) is 16.0. The van der Waals surface area contributed by atoms with Gasteiger partial charge in [-0.25, -0.2) is 4.68 Å². The molecule has 1 aromatic heterocycles. The van der Waals surface area contributed by atoms with Crippen LogP contribution in [-0.2, 0) is 19.7 Å². The smallest absolute Gasteiger partial charge is 0.213 e. The molecule has 11 heteroatoms. The average molecular weight is 536 g/mol. The highest BCUT2D eigenvalue weighted by Gasteiger charge is 2.28. The first-order valence-electron chi connectivity index (χ1n) is 12.7. The second-order valence-electron chi connectivity index (χ2n) is 8.92. The molecule has 1 aliphatic rings. The Kier molecular flexibility index (Phi) is 9.86. The molecule has 0 aliphatic carbocycles. The maximum Gasteiger partial charge on any atom is 0.213 e. The Hall–Kier alpha value is -3.27. The van der Waals surface area contributed by atoms with E-state index in [-0.39, 0.29) is 24.8 Å². The lowest BCUT2D eigenvalue weighted by atomic mass is 10.1. The minimum absolute atomic E-state index is 0.0386. The maximum absolute atomic E-state index is 9.68. The van der Waals surface area contributed by atoms with Gasteiger partial charge in [-0.2, -0.15) is 5.26 Å². The van der Waals surface area contributed by atoms with E-state index in [9.17, 15) is 5.26 Å². The van der Waals surface area contributed by atoms with Gasteiger partial charge in [0, 0.05) is 24.3 Å². The summed E-state index contributed by atoms with van der Waals surface area (Å²) in [6.07, 6.45) is 3.58. The number of benzene rings is 2. The highest BCUT2D eigenvalue weighted by Crippen LogP contribution is 2.37. The summed E-state index contributed by atoms with van der Waals surface area (Å²) in [7, 11) is 0. The molecule has 2 aromatic carbocycles. The molecular weight excluding hydrogens is 502 g/mol. The fraction of sp³-hybridized carbons (Fsp3) is 0.407. The van der Waals surface area contributed by atoms with Crippen molar-refractivity contribution in [2.24, 2.45) is 16.0 Å². The number of aromatic nitrogens is 2. The number of azo groups is 1. The van der Waals surface area contributed by atoms with Gasteiger partial charge in [0.1, 0.15) is 23.8 Å². The van der Waals surface area contributed by atoms with Gasteiger partial charge in [0.2, 0.25) is 5.82 Å². The number of anilines is 1. The predicted octanol–water partition coefficient (Wildman–Crippen LogP) is 6.26. The molecule has 2 atom stereocenters. The molecule has 0 spiro atoms. The fourth-order valence-corrected chi connectivity index (χ4v) is 4.83. The van der Waals surface area contributed by atoms with E-state index in [0.717, 1.165) is 60.8 Å². The van der Waals surface area contributed by atoms with E-state index in [1.165, 1.54) is 0 Å². The number of rotatable bonds is 12. The third-order valence-corrected chi connectivity index (χ3v) is 6.77. The van der Waals surface area contributed by atoms with E-state index < -0.39 is 0 Å². The first kappa shape index (κ1) is 27.8. The highest BCUT2D eigenvalue weighted by molar-refractivity contribution is 7.90. The lowest BCUT2D eigenvalue weighted by Crippen LogP contribution is -2.24. The van der Waals surface area contributed by atoms with Crippen LogP contribution < -0.4 is 10.6 Å². The van der Waals surface area contributed by atoms with Crippen LogP contribution in [0.15, 0.2) is 58.9 Å². The van der Waals surface area contributed by atoms with Crippen molar-refractivity contribution in [2.45, 2.75) is 52.4 Å². The lowest BCUT2D eigenvalue weighted by molar-refractivity contribution is 0.128. The summed E-state index contributed by atoms with van der Waals surface area (Å²) in [5, 5.41) is 23.0. The molecule has 10 nitrogen and oxygen atoms in total. The Morgan fingerprint density at radius 3 is 2.53 bits per heavy atom. The van der Waals surface area contributed by atoms with Crippen LogP contribution in [0.5, 0.6) is 0 Å². The van der Waals surface area contributed by atoms with Gasteiger partial charge in [0.15, 0.2) is 12.3 Å². The van der Waals surface area contributed by atoms with Gasteiger partial charge in [-0.1, -0.05) is 26.0 Å². The number of nitriles is 1. The standard InChI is InChI=1S/C27H33N7O3S/c1-4-12-33(13-5-2)24-10-11-25(21(14-24)17-35-18-29)30-31-27-22(15-28)16-34(32-27)23-8-6-20(7-9-23)26-19(3)36-38-37-26/h6-11,14,16,19,26H,4-5,12-13,17-18,29H2,1-3H3. The van der Waals surface area contributed by atoms with Crippen LogP contribution in [0.1, 0.15) is 56.4 Å². The molecule has 2 heterocycles. The summed E-state index contributed by atoms with van der Waals surface area (Å²) < 4.78 is 18.1. The van der Waals surface area contributed by atoms with Gasteiger partial charge in [0.05, 0.1) is 30.9 Å². The summed E-state index contributed by atoms with van der Waals surface area (Å²) in [4.78, 5) is 2.35. The molecule has 1 aliphatic heterocycles. The number of nitrogens with zero attached hydrogens (tertiary/aromatic N) is 6. The van der Waals surface area contributed by atoms with Gasteiger partial charge in [-0.15, -0.1) is 15.3 Å². The van der Waals surface area contributed by atoms with Crippen molar-refractivity contribution in [3.8, 4) is 11.8 Å². The number of ether oxygens (including phenoxy) is 1. The van der Waals surface area contributed by atoms with Crippen molar-refractivity contribution in [2.75, 3.05) is 24.7 Å². The van der Waals surface area contributed by atoms with Gasteiger partial charge < -0.3 is 15.4 Å². The fourth-order valence-electron chi connectivity index (χ4n) is 4.21. The average Bonchev–Trinajstić information content (AvgIpc) is 3.56. The summed E-state index contributed by atoms with van der Waals surface area (Å²) in [5.41, 5.74) is 10.3. The first-order chi connectivity index (χ1) is 18.6. The topological polar surface area (TPSA) is 123 Å². The minimum atomic E-state index is -0.134. The van der Waals surface area contributed by atoms with Crippen molar-refractivity contribution in [3.05, 3.63) is 65.4 Å². The van der Waals surface area contributed by atoms with Gasteiger partial charge >= 0.3 is 0 Å². The molecule has 4 rings (SSSR count).